The van der Waals surface area contributed by atoms with Gasteiger partial charge in [0.15, 0.2) is 11.9 Å². The van der Waals surface area contributed by atoms with E-state index in [1.807, 2.05) is 4.90 Å². The molecule has 3 rings (SSSR count). The maximum absolute atomic E-state index is 12.6. The predicted molar refractivity (Wildman–Crippen MR) is 83.0 cm³/mol. The summed E-state index contributed by atoms with van der Waals surface area (Å²) in [5.41, 5.74) is 0. The summed E-state index contributed by atoms with van der Waals surface area (Å²) < 4.78 is 15.0. The van der Waals surface area contributed by atoms with Crippen LogP contribution in [0.15, 0.2) is 0 Å². The second-order valence-corrected chi connectivity index (χ2v) is 6.35. The Bertz CT molecular complexity index is 504. The Hall–Kier alpha value is -1.25. The molecule has 1 amide bonds. The summed E-state index contributed by atoms with van der Waals surface area (Å²) in [6, 6.07) is 0. The van der Waals surface area contributed by atoms with Crippen molar-refractivity contribution >= 4 is 22.6 Å². The van der Waals surface area contributed by atoms with Crippen molar-refractivity contribution in [1.29, 1.82) is 0 Å². The summed E-state index contributed by atoms with van der Waals surface area (Å²) in [6.45, 7) is 3.97. The third kappa shape index (κ3) is 3.56. The van der Waals surface area contributed by atoms with Crippen molar-refractivity contribution in [3.63, 3.8) is 0 Å². The van der Waals surface area contributed by atoms with Crippen LogP contribution in [-0.2, 0) is 20.9 Å². The number of amides is 1. The average molecular weight is 326 g/mol. The van der Waals surface area contributed by atoms with E-state index in [0.717, 1.165) is 37.6 Å². The smallest absolute Gasteiger partial charge is 0.253 e. The lowest BCUT2D eigenvalue weighted by Gasteiger charge is -2.35. The second-order valence-electron chi connectivity index (χ2n) is 5.62. The summed E-state index contributed by atoms with van der Waals surface area (Å²) in [6.07, 6.45) is 3.02. The highest BCUT2D eigenvalue weighted by Crippen LogP contribution is 2.22. The SMILES string of the molecule is COCc1nsc(N2CCOC(C(=O)N3CCCCC3)C2)n1. The standard InChI is InChI=1S/C14H22N4O3S/c1-20-10-12-15-14(22-16-12)18-7-8-21-11(9-18)13(19)17-5-3-2-4-6-17/h11H,2-10H2,1H3. The highest BCUT2D eigenvalue weighted by Gasteiger charge is 2.32. The van der Waals surface area contributed by atoms with Gasteiger partial charge in [0.05, 0.1) is 13.2 Å². The van der Waals surface area contributed by atoms with Crippen molar-refractivity contribution in [2.75, 3.05) is 44.8 Å². The van der Waals surface area contributed by atoms with Crippen molar-refractivity contribution in [3.05, 3.63) is 5.82 Å². The number of hydrogen-bond donors (Lipinski definition) is 0. The van der Waals surface area contributed by atoms with Crippen LogP contribution < -0.4 is 4.90 Å². The number of rotatable bonds is 4. The number of aromatic nitrogens is 2. The Balaban J connectivity index is 1.61. The van der Waals surface area contributed by atoms with E-state index >= 15 is 0 Å². The molecule has 122 valence electrons. The minimum absolute atomic E-state index is 0.117. The molecule has 22 heavy (non-hydrogen) atoms. The van der Waals surface area contributed by atoms with Crippen LogP contribution in [0, 0.1) is 0 Å². The quantitative estimate of drug-likeness (QED) is 0.819. The van der Waals surface area contributed by atoms with Gasteiger partial charge in [0.1, 0.15) is 6.61 Å². The molecule has 1 aromatic rings. The zero-order valence-corrected chi connectivity index (χ0v) is 13.7. The summed E-state index contributed by atoms with van der Waals surface area (Å²) >= 11 is 1.35. The predicted octanol–water partition coefficient (Wildman–Crippen LogP) is 0.902. The molecule has 1 aromatic heterocycles. The third-order valence-electron chi connectivity index (χ3n) is 4.01. The number of ether oxygens (including phenoxy) is 2. The first kappa shape index (κ1) is 15.6. The van der Waals surface area contributed by atoms with Gasteiger partial charge in [-0.05, 0) is 19.3 Å². The number of piperidine rings is 1. The van der Waals surface area contributed by atoms with Gasteiger partial charge in [-0.25, -0.2) is 4.98 Å². The van der Waals surface area contributed by atoms with Gasteiger partial charge in [-0.3, -0.25) is 4.79 Å². The van der Waals surface area contributed by atoms with Crippen LogP contribution in [0.25, 0.3) is 0 Å². The Kier molecular flexibility index (Phi) is 5.22. The first-order valence-electron chi connectivity index (χ1n) is 7.75. The number of anilines is 1. The van der Waals surface area contributed by atoms with Crippen LogP contribution >= 0.6 is 11.5 Å². The molecule has 0 radical (unpaired) electrons. The maximum Gasteiger partial charge on any atom is 0.253 e. The van der Waals surface area contributed by atoms with E-state index in [-0.39, 0.29) is 12.0 Å². The number of morpholine rings is 1. The molecular weight excluding hydrogens is 304 g/mol. The van der Waals surface area contributed by atoms with Gasteiger partial charge < -0.3 is 19.3 Å². The first-order chi connectivity index (χ1) is 10.8. The molecule has 3 heterocycles. The minimum Gasteiger partial charge on any atom is -0.377 e. The van der Waals surface area contributed by atoms with Gasteiger partial charge in [0, 0.05) is 38.3 Å². The first-order valence-corrected chi connectivity index (χ1v) is 8.52. The summed E-state index contributed by atoms with van der Waals surface area (Å²) in [4.78, 5) is 21.0. The van der Waals surface area contributed by atoms with Crippen molar-refractivity contribution in [2.45, 2.75) is 32.0 Å². The highest BCUT2D eigenvalue weighted by atomic mass is 32.1. The molecule has 0 spiro atoms. The highest BCUT2D eigenvalue weighted by molar-refractivity contribution is 7.09. The van der Waals surface area contributed by atoms with Gasteiger partial charge in [-0.15, -0.1) is 0 Å². The van der Waals surface area contributed by atoms with Crippen LogP contribution in [0.3, 0.4) is 0 Å². The zero-order valence-electron chi connectivity index (χ0n) is 12.9. The minimum atomic E-state index is -0.387. The number of carbonyl (C=O) groups is 1. The molecule has 1 atom stereocenters. The topological polar surface area (TPSA) is 67.8 Å². The number of nitrogens with zero attached hydrogens (tertiary/aromatic N) is 4. The monoisotopic (exact) mass is 326 g/mol. The van der Waals surface area contributed by atoms with Gasteiger partial charge in [0.25, 0.3) is 5.91 Å². The molecule has 8 heteroatoms. The molecule has 7 nitrogen and oxygen atoms in total. The molecule has 0 saturated carbocycles. The Morgan fingerprint density at radius 1 is 1.36 bits per heavy atom. The normalized spacial score (nSPS) is 22.9. The van der Waals surface area contributed by atoms with Crippen LogP contribution in [0.2, 0.25) is 0 Å². The van der Waals surface area contributed by atoms with E-state index in [1.54, 1.807) is 7.11 Å². The van der Waals surface area contributed by atoms with E-state index in [2.05, 4.69) is 14.3 Å². The fourth-order valence-corrected chi connectivity index (χ4v) is 3.56. The lowest BCUT2D eigenvalue weighted by Crippen LogP contribution is -2.52. The third-order valence-corrected chi connectivity index (χ3v) is 4.83. The van der Waals surface area contributed by atoms with Crippen LogP contribution in [0.1, 0.15) is 25.1 Å². The Morgan fingerprint density at radius 2 is 2.18 bits per heavy atom. The van der Waals surface area contributed by atoms with Crippen molar-refractivity contribution in [3.8, 4) is 0 Å². The number of likely N-dealkylation sites (tertiary alicyclic amines) is 1. The van der Waals surface area contributed by atoms with Crippen LogP contribution in [0.4, 0.5) is 5.13 Å². The number of hydrogen-bond acceptors (Lipinski definition) is 7. The van der Waals surface area contributed by atoms with Gasteiger partial charge in [0.2, 0.25) is 5.13 Å². The number of methoxy groups -OCH3 is 1. The van der Waals surface area contributed by atoms with E-state index in [1.165, 1.54) is 18.0 Å². The average Bonchev–Trinajstić information content (AvgIpc) is 3.04. The molecule has 2 aliphatic rings. The summed E-state index contributed by atoms with van der Waals surface area (Å²) in [7, 11) is 1.63. The fraction of sp³-hybridized carbons (Fsp3) is 0.786. The van der Waals surface area contributed by atoms with E-state index in [4.69, 9.17) is 9.47 Å². The molecule has 1 unspecified atom stereocenters. The molecule has 0 aromatic carbocycles. The van der Waals surface area contributed by atoms with Crippen molar-refractivity contribution in [1.82, 2.24) is 14.3 Å². The van der Waals surface area contributed by atoms with Gasteiger partial charge in [-0.1, -0.05) is 0 Å². The van der Waals surface area contributed by atoms with E-state index < -0.39 is 0 Å². The second kappa shape index (κ2) is 7.34. The Labute approximate surface area is 134 Å². The van der Waals surface area contributed by atoms with Crippen LogP contribution in [-0.4, -0.2) is 66.2 Å². The van der Waals surface area contributed by atoms with Gasteiger partial charge in [-0.2, -0.15) is 4.37 Å². The van der Waals surface area contributed by atoms with Crippen molar-refractivity contribution in [2.24, 2.45) is 0 Å². The van der Waals surface area contributed by atoms with Gasteiger partial charge >= 0.3 is 0 Å². The largest absolute Gasteiger partial charge is 0.377 e. The van der Waals surface area contributed by atoms with Crippen molar-refractivity contribution < 1.29 is 14.3 Å². The molecular formula is C14H22N4O3S. The maximum atomic E-state index is 12.6. The molecule has 0 aliphatic carbocycles. The Morgan fingerprint density at radius 3 is 2.95 bits per heavy atom. The lowest BCUT2D eigenvalue weighted by molar-refractivity contribution is -0.145. The summed E-state index contributed by atoms with van der Waals surface area (Å²) in [5.74, 6) is 0.805. The van der Waals surface area contributed by atoms with Crippen LogP contribution in [0.5, 0.6) is 0 Å². The van der Waals surface area contributed by atoms with E-state index in [9.17, 15) is 4.79 Å². The molecule has 2 aliphatic heterocycles. The zero-order chi connectivity index (χ0) is 15.4. The molecule has 0 bridgehead atoms. The molecule has 0 N–H and O–H groups in total. The summed E-state index contributed by atoms with van der Waals surface area (Å²) in [5, 5.41) is 0.840. The number of carbonyl (C=O) groups excluding carboxylic acids is 1. The fourth-order valence-electron chi connectivity index (χ4n) is 2.85. The van der Waals surface area contributed by atoms with E-state index in [0.29, 0.717) is 25.6 Å². The lowest BCUT2D eigenvalue weighted by atomic mass is 10.1. The molecule has 2 saturated heterocycles. The molecule has 2 fully saturated rings.